The van der Waals surface area contributed by atoms with Crippen molar-refractivity contribution >= 4 is 11.8 Å². The Labute approximate surface area is 199 Å². The molecule has 8 nitrogen and oxygen atoms in total. The van der Waals surface area contributed by atoms with E-state index in [9.17, 15) is 14.4 Å². The molecule has 2 aliphatic rings. The van der Waals surface area contributed by atoms with Gasteiger partial charge in [0.05, 0.1) is 38.1 Å². The summed E-state index contributed by atoms with van der Waals surface area (Å²) in [5, 5.41) is 2.15. The van der Waals surface area contributed by atoms with E-state index >= 15 is 0 Å². The van der Waals surface area contributed by atoms with Crippen LogP contribution in [-0.2, 0) is 16.1 Å². The largest absolute Gasteiger partial charge is 0.493 e. The van der Waals surface area contributed by atoms with Gasteiger partial charge in [0.2, 0.25) is 0 Å². The van der Waals surface area contributed by atoms with Gasteiger partial charge in [0.25, 0.3) is 0 Å². The first kappa shape index (κ1) is 23.9. The lowest BCUT2D eigenvalue weighted by atomic mass is 9.85. The Morgan fingerprint density at radius 2 is 1.85 bits per heavy atom. The van der Waals surface area contributed by atoms with Crippen LogP contribution in [0.2, 0.25) is 0 Å². The Kier molecular flexibility index (Phi) is 6.43. The normalized spacial score (nSPS) is 15.3. The Bertz CT molecular complexity index is 1170. The molecule has 0 amide bonds. The number of hydrogen-bond donors (Lipinski definition) is 0. The number of fused-ring (bicyclic) bond motifs is 3. The van der Waals surface area contributed by atoms with E-state index in [1.165, 1.54) is 6.07 Å². The molecule has 2 heterocycles. The van der Waals surface area contributed by atoms with Crippen LogP contribution in [0.15, 0.2) is 29.2 Å². The Morgan fingerprint density at radius 3 is 2.47 bits per heavy atom. The molecule has 8 heteroatoms. The zero-order valence-electron chi connectivity index (χ0n) is 20.5. The predicted octanol–water partition coefficient (Wildman–Crippen LogP) is 3.70. The number of pyridine rings is 1. The monoisotopic (exact) mass is 468 g/mol. The average Bonchev–Trinajstić information content (AvgIpc) is 2.79. The second kappa shape index (κ2) is 9.16. The van der Waals surface area contributed by atoms with Crippen molar-refractivity contribution in [3.8, 4) is 22.8 Å². The van der Waals surface area contributed by atoms with Crippen LogP contribution in [0.4, 0.5) is 0 Å². The van der Waals surface area contributed by atoms with Gasteiger partial charge in [0.1, 0.15) is 11.3 Å². The number of ketones is 1. The molecule has 1 aliphatic heterocycles. The van der Waals surface area contributed by atoms with Crippen molar-refractivity contribution < 1.29 is 23.8 Å². The first-order valence-corrected chi connectivity index (χ1v) is 11.8. The standard InChI is InChI=1S/C26H32N2O6/c1-6-26(3,4)28-13-17-10-24(34-15-16-8-18(29)9-16)23(32-5)11-19(17)21-12-22(30)20(14-27(21)28)25(31)33-7-2/h10-12,14,16H,6-9,13,15H2,1-5H3. The molecule has 1 aliphatic carbocycles. The molecule has 182 valence electrons. The second-order valence-electron chi connectivity index (χ2n) is 9.51. The topological polar surface area (TPSA) is 87.1 Å². The van der Waals surface area contributed by atoms with Crippen LogP contribution in [0.3, 0.4) is 0 Å². The van der Waals surface area contributed by atoms with E-state index in [0.717, 1.165) is 17.5 Å². The molecular formula is C26H32N2O6. The van der Waals surface area contributed by atoms with Crippen LogP contribution in [0, 0.1) is 5.92 Å². The number of aromatic nitrogens is 1. The van der Waals surface area contributed by atoms with Crippen molar-refractivity contribution in [3.05, 3.63) is 45.7 Å². The van der Waals surface area contributed by atoms with Gasteiger partial charge in [-0.2, -0.15) is 0 Å². The lowest BCUT2D eigenvalue weighted by molar-refractivity contribution is -0.127. The molecule has 4 rings (SSSR count). The van der Waals surface area contributed by atoms with E-state index in [0.29, 0.717) is 43.2 Å². The van der Waals surface area contributed by atoms with Crippen molar-refractivity contribution in [2.75, 3.05) is 25.3 Å². The number of nitrogens with zero attached hydrogens (tertiary/aromatic N) is 2. The van der Waals surface area contributed by atoms with Crippen LogP contribution in [0.25, 0.3) is 11.3 Å². The molecule has 1 saturated carbocycles. The summed E-state index contributed by atoms with van der Waals surface area (Å²) in [6.45, 7) is 9.28. The van der Waals surface area contributed by atoms with Gasteiger partial charge < -0.3 is 19.2 Å². The number of hydrogen-bond acceptors (Lipinski definition) is 7. The summed E-state index contributed by atoms with van der Waals surface area (Å²) in [6.07, 6.45) is 3.55. The van der Waals surface area contributed by atoms with Crippen molar-refractivity contribution in [2.24, 2.45) is 5.92 Å². The van der Waals surface area contributed by atoms with Crippen LogP contribution in [0.1, 0.15) is 62.9 Å². The summed E-state index contributed by atoms with van der Waals surface area (Å²) in [5.41, 5.74) is 1.87. The maximum Gasteiger partial charge on any atom is 0.343 e. The highest BCUT2D eigenvalue weighted by atomic mass is 16.5. The van der Waals surface area contributed by atoms with Gasteiger partial charge in [-0.3, -0.25) is 14.3 Å². The molecule has 0 unspecified atom stereocenters. The van der Waals surface area contributed by atoms with Gasteiger partial charge >= 0.3 is 5.97 Å². The third kappa shape index (κ3) is 4.29. The van der Waals surface area contributed by atoms with Crippen LogP contribution in [-0.4, -0.2) is 42.3 Å². The van der Waals surface area contributed by atoms with Crippen molar-refractivity contribution in [1.29, 1.82) is 0 Å². The first-order chi connectivity index (χ1) is 16.2. The molecule has 2 aromatic rings. The number of rotatable bonds is 8. The summed E-state index contributed by atoms with van der Waals surface area (Å²) in [6, 6.07) is 5.33. The number of esters is 1. The quantitative estimate of drug-likeness (QED) is 0.546. The number of ether oxygens (including phenoxy) is 3. The predicted molar refractivity (Wildman–Crippen MR) is 128 cm³/mol. The fraction of sp³-hybridized carbons (Fsp3) is 0.500. The molecule has 34 heavy (non-hydrogen) atoms. The highest BCUT2D eigenvalue weighted by molar-refractivity contribution is 5.89. The summed E-state index contributed by atoms with van der Waals surface area (Å²) in [5.74, 6) is 1.06. The summed E-state index contributed by atoms with van der Waals surface area (Å²) in [4.78, 5) is 36.6. The molecule has 1 fully saturated rings. The van der Waals surface area contributed by atoms with E-state index in [2.05, 4.69) is 25.8 Å². The molecule has 0 N–H and O–H groups in total. The molecule has 0 saturated heterocycles. The third-order valence-electron chi connectivity index (χ3n) is 6.84. The summed E-state index contributed by atoms with van der Waals surface area (Å²) < 4.78 is 18.7. The minimum atomic E-state index is -0.626. The van der Waals surface area contributed by atoms with Crippen molar-refractivity contribution in [3.63, 3.8) is 0 Å². The van der Waals surface area contributed by atoms with Crippen molar-refractivity contribution in [2.45, 2.75) is 59.0 Å². The van der Waals surface area contributed by atoms with Crippen LogP contribution >= 0.6 is 0 Å². The van der Waals surface area contributed by atoms with Gasteiger partial charge in [-0.1, -0.05) is 6.92 Å². The zero-order chi connectivity index (χ0) is 24.6. The Hall–Kier alpha value is -3.29. The molecule has 0 atom stereocenters. The first-order valence-electron chi connectivity index (χ1n) is 11.8. The van der Waals surface area contributed by atoms with Crippen LogP contribution < -0.4 is 19.9 Å². The third-order valence-corrected chi connectivity index (χ3v) is 6.84. The second-order valence-corrected chi connectivity index (χ2v) is 9.51. The SMILES string of the molecule is CCOC(=O)c1cn2c(cc1=O)-c1cc(OC)c(OCC3CC(=O)C3)cc1CN2C(C)(C)CC. The maximum atomic E-state index is 12.9. The molecule has 0 radical (unpaired) electrons. The minimum Gasteiger partial charge on any atom is -0.493 e. The van der Waals surface area contributed by atoms with Gasteiger partial charge in [0.15, 0.2) is 16.9 Å². The van der Waals surface area contributed by atoms with Gasteiger partial charge in [-0.15, -0.1) is 0 Å². The highest BCUT2D eigenvalue weighted by Gasteiger charge is 2.34. The van der Waals surface area contributed by atoms with Crippen molar-refractivity contribution in [1.82, 2.24) is 4.68 Å². The van der Waals surface area contributed by atoms with Gasteiger partial charge in [0, 0.05) is 36.6 Å². The molecule has 0 spiro atoms. The number of benzene rings is 1. The van der Waals surface area contributed by atoms with Gasteiger partial charge in [-0.25, -0.2) is 4.79 Å². The lowest BCUT2D eigenvalue weighted by Gasteiger charge is -2.45. The van der Waals surface area contributed by atoms with E-state index in [4.69, 9.17) is 14.2 Å². The maximum absolute atomic E-state index is 12.9. The highest BCUT2D eigenvalue weighted by Crippen LogP contribution is 2.40. The smallest absolute Gasteiger partial charge is 0.343 e. The zero-order valence-corrected chi connectivity index (χ0v) is 20.5. The number of carbonyl (C=O) groups is 2. The summed E-state index contributed by atoms with van der Waals surface area (Å²) in [7, 11) is 1.58. The number of carbonyl (C=O) groups excluding carboxylic acids is 2. The fourth-order valence-electron chi connectivity index (χ4n) is 4.37. The van der Waals surface area contributed by atoms with Crippen LogP contribution in [0.5, 0.6) is 11.5 Å². The Balaban J connectivity index is 1.80. The molecular weight excluding hydrogens is 436 g/mol. The summed E-state index contributed by atoms with van der Waals surface area (Å²) >= 11 is 0. The Morgan fingerprint density at radius 1 is 1.12 bits per heavy atom. The molecule has 1 aromatic heterocycles. The fourth-order valence-corrected chi connectivity index (χ4v) is 4.37. The van der Waals surface area contributed by atoms with E-state index in [-0.39, 0.29) is 34.8 Å². The minimum absolute atomic E-state index is 0.00733. The average molecular weight is 469 g/mol. The van der Waals surface area contributed by atoms with E-state index in [1.54, 1.807) is 20.2 Å². The number of methoxy groups -OCH3 is 1. The van der Waals surface area contributed by atoms with E-state index in [1.807, 2.05) is 16.8 Å². The molecule has 1 aromatic carbocycles. The lowest BCUT2D eigenvalue weighted by Crippen LogP contribution is -2.52. The van der Waals surface area contributed by atoms with E-state index < -0.39 is 5.97 Å². The number of Topliss-reactive ketones (excluding diaryl/α,β-unsaturated/α-hetero) is 1. The molecule has 0 bridgehead atoms. The van der Waals surface area contributed by atoms with Gasteiger partial charge in [-0.05, 0) is 44.9 Å².